The van der Waals surface area contributed by atoms with Crippen LogP contribution in [0.4, 0.5) is 0 Å². The molecule has 5 aromatic carbocycles. The van der Waals surface area contributed by atoms with E-state index in [1.807, 2.05) is 72.8 Å². The Morgan fingerprint density at radius 1 is 0.575 bits per heavy atom. The number of rotatable bonds is 19. The van der Waals surface area contributed by atoms with Gasteiger partial charge in [0.2, 0.25) is 65.0 Å². The summed E-state index contributed by atoms with van der Waals surface area (Å²) in [5.41, 5.74) is 7.73. The Hall–Kier alpha value is -11.1. The average molecular weight is 1480 g/mol. The first-order valence-electron chi connectivity index (χ1n) is 35.6. The number of aromatic nitrogens is 1. The second kappa shape index (κ2) is 39.7. The van der Waals surface area contributed by atoms with Gasteiger partial charge in [0.15, 0.2) is 5.96 Å². The molecule has 0 spiro atoms. The molecule has 3 heterocycles. The first kappa shape index (κ1) is 80.6. The molecule has 2 fully saturated rings. The highest BCUT2D eigenvalue weighted by Crippen LogP contribution is 2.23. The minimum Gasteiger partial charge on any atom is -0.480 e. The highest BCUT2D eigenvalue weighted by Gasteiger charge is 2.41. The number of carbonyl (C=O) groups excluding carboxylic acids is 11. The Morgan fingerprint density at radius 3 is 1.63 bits per heavy atom. The number of aliphatic hydroxyl groups excluding tert-OH is 1. The molecule has 0 radical (unpaired) electrons. The number of hydrogen-bond acceptors (Lipinski definition) is 15. The van der Waals surface area contributed by atoms with Gasteiger partial charge in [-0.05, 0) is 126 Å². The number of amides is 11. The van der Waals surface area contributed by atoms with E-state index in [9.17, 15) is 53.4 Å². The largest absolute Gasteiger partial charge is 0.480 e. The topological polar surface area (TPSA) is 444 Å². The molecule has 2 aliphatic rings. The Morgan fingerprint density at radius 2 is 1.08 bits per heavy atom. The maximum absolute atomic E-state index is 15.2. The first-order chi connectivity index (χ1) is 50.8. The van der Waals surface area contributed by atoms with Crippen molar-refractivity contribution in [2.24, 2.45) is 11.7 Å². The Kier molecular flexibility index (Phi) is 30.2. The summed E-state index contributed by atoms with van der Waals surface area (Å²) in [6, 6.07) is 21.0. The van der Waals surface area contributed by atoms with E-state index >= 15 is 14.4 Å². The molecule has 30 heteroatoms. The molecule has 8 rings (SSSR count). The number of nitrogens with one attached hydrogen (secondary N) is 12. The second-order valence-electron chi connectivity index (χ2n) is 27.1. The summed E-state index contributed by atoms with van der Waals surface area (Å²) in [6.07, 6.45) is 2.19. The maximum Gasteiger partial charge on any atom is 0.325 e. The van der Waals surface area contributed by atoms with Crippen LogP contribution >= 0.6 is 11.6 Å². The maximum atomic E-state index is 15.2. The molecule has 0 bridgehead atoms. The van der Waals surface area contributed by atoms with Gasteiger partial charge in [-0.15, -0.1) is 0 Å². The first-order valence-corrected chi connectivity index (χ1v) is 36.0. The third-order valence-electron chi connectivity index (χ3n) is 18.4. The molecule has 1 aromatic heterocycles. The highest BCUT2D eigenvalue weighted by molar-refractivity contribution is 6.30. The van der Waals surface area contributed by atoms with Crippen LogP contribution in [0.5, 0.6) is 0 Å². The molecule has 2 saturated heterocycles. The Balaban J connectivity index is 1.16. The van der Waals surface area contributed by atoms with Crippen molar-refractivity contribution in [1.29, 1.82) is 5.41 Å². The van der Waals surface area contributed by atoms with Gasteiger partial charge in [-0.1, -0.05) is 129 Å². The smallest absolute Gasteiger partial charge is 0.325 e. The lowest BCUT2D eigenvalue weighted by Gasteiger charge is -2.31. The Labute approximate surface area is 618 Å². The van der Waals surface area contributed by atoms with Crippen molar-refractivity contribution >= 4 is 110 Å². The van der Waals surface area contributed by atoms with Gasteiger partial charge >= 0.3 is 5.97 Å². The van der Waals surface area contributed by atoms with Crippen LogP contribution in [-0.2, 0) is 83.2 Å². The van der Waals surface area contributed by atoms with Gasteiger partial charge in [0.1, 0.15) is 60.4 Å². The van der Waals surface area contributed by atoms with Crippen molar-refractivity contribution in [2.45, 2.75) is 171 Å². The van der Waals surface area contributed by atoms with Gasteiger partial charge in [-0.3, -0.25) is 67.9 Å². The summed E-state index contributed by atoms with van der Waals surface area (Å²) >= 11 is 6.29. The molecule has 0 unspecified atom stereocenters. The molecular formula is C76H94ClN15O14. The quantitative estimate of drug-likeness (QED) is 0.0314. The summed E-state index contributed by atoms with van der Waals surface area (Å²) in [5.74, 6) is -11.1. The number of carbonyl (C=O) groups is 12. The van der Waals surface area contributed by atoms with Gasteiger partial charge in [-0.2, -0.15) is 0 Å². The summed E-state index contributed by atoms with van der Waals surface area (Å²) < 4.78 is 0. The van der Waals surface area contributed by atoms with E-state index in [4.69, 9.17) is 22.7 Å². The normalized spacial score (nSPS) is 22.3. The molecule has 6 aromatic rings. The summed E-state index contributed by atoms with van der Waals surface area (Å²) in [6.45, 7) is 3.93. The zero-order chi connectivity index (χ0) is 76.4. The molecule has 106 heavy (non-hydrogen) atoms. The molecule has 564 valence electrons. The van der Waals surface area contributed by atoms with Crippen molar-refractivity contribution in [3.8, 4) is 0 Å². The molecule has 16 N–H and O–H groups in total. The second-order valence-corrected chi connectivity index (χ2v) is 27.6. The van der Waals surface area contributed by atoms with Gasteiger partial charge < -0.3 is 79.3 Å². The molecule has 0 aliphatic carbocycles. The molecule has 29 nitrogen and oxygen atoms in total. The van der Waals surface area contributed by atoms with E-state index in [0.717, 1.165) is 21.5 Å². The van der Waals surface area contributed by atoms with E-state index in [0.29, 0.717) is 33.7 Å². The highest BCUT2D eigenvalue weighted by atomic mass is 35.5. The average Bonchev–Trinajstić information content (AvgIpc) is 1.45. The number of carboxylic acids is 1. The lowest BCUT2D eigenvalue weighted by molar-refractivity contribution is -0.144. The van der Waals surface area contributed by atoms with Crippen LogP contribution in [0.3, 0.4) is 0 Å². The molecule has 10 atom stereocenters. The van der Waals surface area contributed by atoms with Gasteiger partial charge in [0, 0.05) is 75.6 Å². The number of guanidine groups is 1. The number of nitrogens with zero attached hydrogens (tertiary/aromatic N) is 2. The summed E-state index contributed by atoms with van der Waals surface area (Å²) in [5, 5.41) is 61.8. The fourth-order valence-electron chi connectivity index (χ4n) is 12.7. The van der Waals surface area contributed by atoms with Crippen LogP contribution in [0, 0.1) is 11.3 Å². The number of hydrogen-bond donors (Lipinski definition) is 15. The zero-order valence-electron chi connectivity index (χ0n) is 59.4. The van der Waals surface area contributed by atoms with Crippen molar-refractivity contribution in [3.05, 3.63) is 161 Å². The number of likely N-dealkylation sites (tertiary alicyclic amines) is 1. The fraction of sp³-hybridized carbons (Fsp3) is 0.421. The van der Waals surface area contributed by atoms with E-state index in [1.165, 1.54) is 24.2 Å². The predicted molar refractivity (Wildman–Crippen MR) is 396 cm³/mol. The number of fused-ring (bicyclic) bond motifs is 2. The van der Waals surface area contributed by atoms with Crippen molar-refractivity contribution in [1.82, 2.24) is 68.4 Å². The van der Waals surface area contributed by atoms with Gasteiger partial charge in [-0.25, -0.2) is 0 Å². The lowest BCUT2D eigenvalue weighted by atomic mass is 9.98. The number of halogens is 1. The minimum atomic E-state index is -1.83. The molecule has 0 saturated carbocycles. The van der Waals surface area contributed by atoms with E-state index in [1.54, 1.807) is 62.4 Å². The number of carboxylic acid groups (broad SMARTS) is 1. The number of aliphatic hydroxyl groups is 1. The van der Waals surface area contributed by atoms with Gasteiger partial charge in [0.25, 0.3) is 0 Å². The van der Waals surface area contributed by atoms with Crippen molar-refractivity contribution in [2.75, 3.05) is 26.2 Å². The van der Waals surface area contributed by atoms with Crippen LogP contribution in [-0.4, -0.2) is 184 Å². The Bertz CT molecular complexity index is 4130. The van der Waals surface area contributed by atoms with Crippen LogP contribution in [0.15, 0.2) is 134 Å². The number of pyridine rings is 1. The minimum absolute atomic E-state index is 0.00777. The molecule has 2 aliphatic heterocycles. The monoisotopic (exact) mass is 1480 g/mol. The number of aliphatic carboxylic acids is 1. The fourth-order valence-corrected chi connectivity index (χ4v) is 12.8. The SMILES string of the molecule is CC(C)C[C@@H]1NC(=O)[C@@H](Cc2ccc3ccccc3c2)NC(=O)[C@H](CCCNC(=N)N)NC(=O)[C@H](CO)NC(=O)[C@@H](Cc2cccnc2)NC(=O)[C@@H](Cc2ccc(Cl)cc2)NC(=O)[C@@H](Cc2ccc3ccccc3c2)NC(=O)CCC(=O)NCCCC[C@@H](C(=O)N2CCC[C@H]2C(=O)N[C@H](C)C(=O)O)NC1=O. The van der Waals surface area contributed by atoms with Gasteiger partial charge in [0.05, 0.1) is 6.61 Å². The van der Waals surface area contributed by atoms with E-state index in [2.05, 4.69) is 63.5 Å². The molecule has 11 amide bonds. The summed E-state index contributed by atoms with van der Waals surface area (Å²) in [7, 11) is 0. The third kappa shape index (κ3) is 24.5. The number of benzene rings is 5. The van der Waals surface area contributed by atoms with E-state index in [-0.39, 0.29) is 103 Å². The third-order valence-corrected chi connectivity index (χ3v) is 18.6. The van der Waals surface area contributed by atoms with Crippen molar-refractivity contribution < 1.29 is 67.7 Å². The zero-order valence-corrected chi connectivity index (χ0v) is 60.2. The predicted octanol–water partition coefficient (Wildman–Crippen LogP) is 2.15. The standard InChI is InChI=1S/C76H94ClN15O14/c1-44(2)35-57-67(97)86-56(74(104)92-34-12-20-63(92)73(103)83-45(3)75(105)106)18-8-9-32-81-64(94)29-30-65(95)84-58(39-47-21-25-50-14-4-6-16-52(50)36-47)68(98)89-59(38-46-23-27-54(77)28-24-46)69(99)90-61(41-49-13-10-31-80-42-49)71(101)91-62(43-93)72(102)85-55(19-11-33-82-76(78)79)66(96)88-60(70(100)87-57)40-48-22-26-51-15-5-7-17-53(51)37-48/h4-7,10,13-17,21-28,31,36-37,42,44-45,55-63,93H,8-9,11-12,18-20,29-30,32-35,38-41,43H2,1-3H3,(H,81,94)(H,83,103)(H,84,95)(H,85,102)(H,86,97)(H,87,100)(H,88,96)(H,89,98)(H,90,99)(H,91,101)(H,105,106)(H4,78,79,82)/t45-,55+,56+,57+,58-,59-,60-,61-,62+,63+/m1/s1. The lowest BCUT2D eigenvalue weighted by Crippen LogP contribution is -2.61. The van der Waals surface area contributed by atoms with Crippen molar-refractivity contribution in [3.63, 3.8) is 0 Å². The van der Waals surface area contributed by atoms with Crippen LogP contribution in [0.1, 0.15) is 107 Å². The van der Waals surface area contributed by atoms with E-state index < -0.39 is 150 Å². The molecular weight excluding hydrogens is 1380 g/mol. The van der Waals surface area contributed by atoms with Crippen LogP contribution in [0.2, 0.25) is 5.02 Å². The van der Waals surface area contributed by atoms with Crippen LogP contribution in [0.25, 0.3) is 21.5 Å². The number of nitrogens with two attached hydrogens (primary N) is 1. The van der Waals surface area contributed by atoms with Crippen LogP contribution < -0.4 is 64.2 Å². The summed E-state index contributed by atoms with van der Waals surface area (Å²) in [4.78, 5) is 178.